The van der Waals surface area contributed by atoms with E-state index in [1.54, 1.807) is 35.6 Å². The van der Waals surface area contributed by atoms with E-state index < -0.39 is 0 Å². The predicted molar refractivity (Wildman–Crippen MR) is 142 cm³/mol. The van der Waals surface area contributed by atoms with Crippen molar-refractivity contribution in [3.05, 3.63) is 64.0 Å². The van der Waals surface area contributed by atoms with Crippen LogP contribution >= 0.6 is 11.3 Å². The van der Waals surface area contributed by atoms with Gasteiger partial charge in [-0.2, -0.15) is 0 Å². The zero-order valence-electron chi connectivity index (χ0n) is 20.8. The highest BCUT2D eigenvalue weighted by Crippen LogP contribution is 2.29. The van der Waals surface area contributed by atoms with Crippen LogP contribution in [0.2, 0.25) is 0 Å². The SMILES string of the molecule is Cc1nc(-c2ccc(OCCCCCOc3ccc(C(=N)NO)cc3)cc2)c(CCNC(C)C)s1. The lowest BCUT2D eigenvalue weighted by Crippen LogP contribution is -2.24. The van der Waals surface area contributed by atoms with Gasteiger partial charge in [0.15, 0.2) is 0 Å². The van der Waals surface area contributed by atoms with Crippen molar-refractivity contribution in [3.8, 4) is 22.8 Å². The third kappa shape index (κ3) is 8.65. The normalized spacial score (nSPS) is 11.0. The number of amidine groups is 1. The molecule has 0 fully saturated rings. The van der Waals surface area contributed by atoms with Crippen molar-refractivity contribution in [3.63, 3.8) is 0 Å². The molecule has 7 nitrogen and oxygen atoms in total. The molecular weight excluding hydrogens is 460 g/mol. The smallest absolute Gasteiger partial charge is 0.149 e. The van der Waals surface area contributed by atoms with Crippen molar-refractivity contribution in [2.45, 2.75) is 52.5 Å². The van der Waals surface area contributed by atoms with Crippen LogP contribution in [0.4, 0.5) is 0 Å². The average Bonchev–Trinajstić information content (AvgIpc) is 3.23. The summed E-state index contributed by atoms with van der Waals surface area (Å²) in [4.78, 5) is 6.09. The first-order valence-corrected chi connectivity index (χ1v) is 12.9. The second kappa shape index (κ2) is 13.8. The first-order chi connectivity index (χ1) is 17.0. The Hall–Kier alpha value is -2.94. The molecule has 4 N–H and O–H groups in total. The molecule has 0 atom stereocenters. The molecule has 0 aliphatic heterocycles. The Labute approximate surface area is 212 Å². The molecule has 0 bridgehead atoms. The number of benzene rings is 2. The molecule has 3 rings (SSSR count). The molecular formula is C27H36N4O3S. The lowest BCUT2D eigenvalue weighted by Gasteiger charge is -2.09. The van der Waals surface area contributed by atoms with Gasteiger partial charge in [0.05, 0.1) is 23.9 Å². The molecule has 0 radical (unpaired) electrons. The monoisotopic (exact) mass is 496 g/mol. The first kappa shape index (κ1) is 26.7. The molecule has 2 aromatic carbocycles. The van der Waals surface area contributed by atoms with Crippen LogP contribution in [0.25, 0.3) is 11.3 Å². The second-order valence-corrected chi connectivity index (χ2v) is 9.94. The van der Waals surface area contributed by atoms with Crippen LogP contribution in [0.15, 0.2) is 48.5 Å². The number of nitrogens with zero attached hydrogens (tertiary/aromatic N) is 1. The highest BCUT2D eigenvalue weighted by atomic mass is 32.1. The molecule has 0 aliphatic carbocycles. The van der Waals surface area contributed by atoms with Crippen LogP contribution in [0, 0.1) is 12.3 Å². The summed E-state index contributed by atoms with van der Waals surface area (Å²) in [7, 11) is 0. The van der Waals surface area contributed by atoms with E-state index in [1.807, 2.05) is 17.6 Å². The summed E-state index contributed by atoms with van der Waals surface area (Å²) in [5.74, 6) is 1.59. The molecule has 1 heterocycles. The Bertz CT molecular complexity index is 1050. The number of hydroxylamine groups is 1. The van der Waals surface area contributed by atoms with Crippen molar-refractivity contribution >= 4 is 17.2 Å². The minimum atomic E-state index is -0.0381. The Kier molecular flexibility index (Phi) is 10.5. The number of nitrogens with one attached hydrogen (secondary N) is 3. The number of thiazole rings is 1. The van der Waals surface area contributed by atoms with E-state index >= 15 is 0 Å². The highest BCUT2D eigenvalue weighted by Gasteiger charge is 2.11. The van der Waals surface area contributed by atoms with Gasteiger partial charge >= 0.3 is 0 Å². The molecule has 0 amide bonds. The summed E-state index contributed by atoms with van der Waals surface area (Å²) >= 11 is 1.78. The molecule has 0 saturated heterocycles. The van der Waals surface area contributed by atoms with E-state index in [0.717, 1.165) is 60.0 Å². The quantitative estimate of drug-likeness (QED) is 0.100. The van der Waals surface area contributed by atoms with E-state index in [2.05, 4.69) is 38.2 Å². The van der Waals surface area contributed by atoms with Gasteiger partial charge in [0.25, 0.3) is 0 Å². The van der Waals surface area contributed by atoms with Gasteiger partial charge in [-0.15, -0.1) is 11.3 Å². The summed E-state index contributed by atoms with van der Waals surface area (Å²) in [5, 5.41) is 20.9. The predicted octanol–water partition coefficient (Wildman–Crippen LogP) is 5.59. The van der Waals surface area contributed by atoms with Crippen molar-refractivity contribution < 1.29 is 14.7 Å². The minimum Gasteiger partial charge on any atom is -0.494 e. The minimum absolute atomic E-state index is 0.0381. The Morgan fingerprint density at radius 2 is 1.57 bits per heavy atom. The molecule has 0 spiro atoms. The first-order valence-electron chi connectivity index (χ1n) is 12.1. The number of unbranched alkanes of at least 4 members (excludes halogenated alkanes) is 2. The zero-order chi connectivity index (χ0) is 25.0. The zero-order valence-corrected chi connectivity index (χ0v) is 21.6. The molecule has 35 heavy (non-hydrogen) atoms. The average molecular weight is 497 g/mol. The third-order valence-electron chi connectivity index (χ3n) is 5.42. The van der Waals surface area contributed by atoms with Crippen molar-refractivity contribution in [2.75, 3.05) is 19.8 Å². The van der Waals surface area contributed by atoms with Gasteiger partial charge in [-0.25, -0.2) is 4.98 Å². The maximum absolute atomic E-state index is 8.76. The molecule has 8 heteroatoms. The van der Waals surface area contributed by atoms with Crippen LogP contribution in [-0.4, -0.2) is 41.8 Å². The standard InChI is InChI=1S/C27H36N4O3S/c1-19(2)29-16-15-25-26(30-20(3)35-25)21-7-11-23(12-8-21)33-17-5-4-6-18-34-24-13-9-22(10-14-24)27(28)31-32/h7-14,19,29,32H,4-6,15-18H2,1-3H3,(H2,28,31). The van der Waals surface area contributed by atoms with Gasteiger partial charge in [0.2, 0.25) is 0 Å². The number of rotatable bonds is 14. The van der Waals surface area contributed by atoms with Gasteiger partial charge in [-0.1, -0.05) is 13.8 Å². The van der Waals surface area contributed by atoms with E-state index in [-0.39, 0.29) is 5.84 Å². The van der Waals surface area contributed by atoms with E-state index in [9.17, 15) is 0 Å². The number of hydrogen-bond donors (Lipinski definition) is 4. The van der Waals surface area contributed by atoms with Crippen LogP contribution in [0.5, 0.6) is 11.5 Å². The fourth-order valence-corrected chi connectivity index (χ4v) is 4.55. The summed E-state index contributed by atoms with van der Waals surface area (Å²) in [6.45, 7) is 8.66. The van der Waals surface area contributed by atoms with Crippen molar-refractivity contribution in [1.82, 2.24) is 15.8 Å². The fourth-order valence-electron chi connectivity index (χ4n) is 3.59. The largest absolute Gasteiger partial charge is 0.494 e. The highest BCUT2D eigenvalue weighted by molar-refractivity contribution is 7.12. The van der Waals surface area contributed by atoms with Crippen LogP contribution in [-0.2, 0) is 6.42 Å². The molecule has 3 aromatic rings. The molecule has 0 unspecified atom stereocenters. The van der Waals surface area contributed by atoms with Crippen molar-refractivity contribution in [1.29, 1.82) is 5.41 Å². The number of aromatic nitrogens is 1. The molecule has 0 saturated carbocycles. The topological polar surface area (TPSA) is 99.5 Å². The Balaban J connectivity index is 1.36. The van der Waals surface area contributed by atoms with Crippen LogP contribution in [0.1, 0.15) is 48.6 Å². The summed E-state index contributed by atoms with van der Waals surface area (Å²) in [6.07, 6.45) is 3.90. The molecule has 0 aliphatic rings. The van der Waals surface area contributed by atoms with Gasteiger partial charge in [-0.05, 0) is 81.1 Å². The van der Waals surface area contributed by atoms with Gasteiger partial charge in [0, 0.05) is 28.6 Å². The van der Waals surface area contributed by atoms with Gasteiger partial charge in [0.1, 0.15) is 17.3 Å². The van der Waals surface area contributed by atoms with Crippen LogP contribution < -0.4 is 20.3 Å². The molecule has 1 aromatic heterocycles. The van der Waals surface area contributed by atoms with Crippen LogP contribution in [0.3, 0.4) is 0 Å². The fraction of sp³-hybridized carbons (Fsp3) is 0.407. The number of ether oxygens (including phenoxy) is 2. The summed E-state index contributed by atoms with van der Waals surface area (Å²) in [5.41, 5.74) is 4.66. The lowest BCUT2D eigenvalue weighted by atomic mass is 10.1. The molecule has 188 valence electrons. The van der Waals surface area contributed by atoms with Gasteiger partial charge in [-0.3, -0.25) is 16.1 Å². The van der Waals surface area contributed by atoms with E-state index in [0.29, 0.717) is 24.8 Å². The number of hydrogen-bond acceptors (Lipinski definition) is 7. The van der Waals surface area contributed by atoms with E-state index in [1.165, 1.54) is 4.88 Å². The van der Waals surface area contributed by atoms with Crippen molar-refractivity contribution in [2.24, 2.45) is 0 Å². The maximum Gasteiger partial charge on any atom is 0.149 e. The maximum atomic E-state index is 8.76. The number of aryl methyl sites for hydroxylation is 1. The lowest BCUT2D eigenvalue weighted by molar-refractivity contribution is 0.234. The van der Waals surface area contributed by atoms with Gasteiger partial charge < -0.3 is 14.8 Å². The summed E-state index contributed by atoms with van der Waals surface area (Å²) < 4.78 is 11.7. The Morgan fingerprint density at radius 1 is 0.971 bits per heavy atom. The van der Waals surface area contributed by atoms with E-state index in [4.69, 9.17) is 25.1 Å². The Morgan fingerprint density at radius 3 is 2.14 bits per heavy atom. The second-order valence-electron chi connectivity index (χ2n) is 8.66. The third-order valence-corrected chi connectivity index (χ3v) is 6.45. The summed E-state index contributed by atoms with van der Waals surface area (Å²) in [6, 6.07) is 15.8.